The predicted molar refractivity (Wildman–Crippen MR) is 128 cm³/mol. The molecule has 1 heterocycles. The minimum Gasteiger partial charge on any atom is -0.368 e. The molecule has 0 aromatic heterocycles. The summed E-state index contributed by atoms with van der Waals surface area (Å²) in [7, 11) is 0. The lowest BCUT2D eigenvalue weighted by molar-refractivity contribution is -0.143. The van der Waals surface area contributed by atoms with Crippen molar-refractivity contribution in [3.8, 4) is 0 Å². The van der Waals surface area contributed by atoms with E-state index in [1.807, 2.05) is 31.0 Å². The summed E-state index contributed by atoms with van der Waals surface area (Å²) in [5.41, 5.74) is -2.64. The third-order valence-electron chi connectivity index (χ3n) is 5.65. The van der Waals surface area contributed by atoms with Crippen LogP contribution in [0.5, 0.6) is 0 Å². The second-order valence-corrected chi connectivity index (χ2v) is 10.0. The molecule has 0 saturated carbocycles. The Labute approximate surface area is 210 Å². The molecule has 1 aliphatic heterocycles. The number of amides is 3. The normalized spacial score (nSPS) is 14.9. The molecule has 2 aromatic rings. The number of hydrogen-bond donors (Lipinski definition) is 2. The third kappa shape index (κ3) is 8.02. The van der Waals surface area contributed by atoms with Crippen LogP contribution in [0.3, 0.4) is 0 Å². The van der Waals surface area contributed by atoms with Gasteiger partial charge in [0.15, 0.2) is 0 Å². The summed E-state index contributed by atoms with van der Waals surface area (Å²) in [4.78, 5) is 28.6. The molecule has 0 aliphatic carbocycles. The summed E-state index contributed by atoms with van der Waals surface area (Å²) in [6.45, 7) is 8.44. The fourth-order valence-corrected chi connectivity index (χ4v) is 3.86. The van der Waals surface area contributed by atoms with Crippen LogP contribution in [0.4, 0.5) is 48.2 Å². The van der Waals surface area contributed by atoms with Gasteiger partial charge in [0.2, 0.25) is 5.91 Å². The lowest BCUT2D eigenvalue weighted by atomic mass is 9.91. The van der Waals surface area contributed by atoms with Crippen LogP contribution in [0.25, 0.3) is 0 Å². The summed E-state index contributed by atoms with van der Waals surface area (Å²) in [5.74, 6) is 0.112. The molecular formula is C25H28F6N4O2. The molecule has 12 heteroatoms. The van der Waals surface area contributed by atoms with E-state index in [-0.39, 0.29) is 17.4 Å². The summed E-state index contributed by atoms with van der Waals surface area (Å²) >= 11 is 0. The minimum atomic E-state index is -5.02. The second-order valence-electron chi connectivity index (χ2n) is 10.0. The van der Waals surface area contributed by atoms with Gasteiger partial charge in [-0.25, -0.2) is 4.79 Å². The van der Waals surface area contributed by atoms with Crippen molar-refractivity contribution in [3.05, 3.63) is 53.6 Å². The van der Waals surface area contributed by atoms with Crippen LogP contribution in [0.1, 0.15) is 38.3 Å². The predicted octanol–water partition coefficient (Wildman–Crippen LogP) is 6.45. The van der Waals surface area contributed by atoms with Crippen LogP contribution in [-0.4, -0.2) is 43.0 Å². The molecule has 0 radical (unpaired) electrons. The molecule has 2 aromatic carbocycles. The summed E-state index contributed by atoms with van der Waals surface area (Å²) < 4.78 is 78.1. The van der Waals surface area contributed by atoms with Crippen molar-refractivity contribution in [2.75, 3.05) is 41.7 Å². The number of nitrogens with one attached hydrogen (secondary N) is 2. The number of carbonyl (C=O) groups is 2. The highest BCUT2D eigenvalue weighted by Crippen LogP contribution is 2.37. The molecule has 37 heavy (non-hydrogen) atoms. The Morgan fingerprint density at radius 1 is 0.757 bits per heavy atom. The first-order chi connectivity index (χ1) is 17.0. The van der Waals surface area contributed by atoms with Gasteiger partial charge < -0.3 is 20.4 Å². The standard InChI is InChI=1S/C25H28F6N4O2/c1-23(2,3)15-21(36)35-10-8-34(9-11-35)20-6-4-18(5-7-20)32-22(37)33-19-13-16(24(26,27)28)12-17(14-19)25(29,30)31/h4-7,12-14H,8-11,15H2,1-3H3,(H2,32,33,37). The van der Waals surface area contributed by atoms with E-state index in [9.17, 15) is 35.9 Å². The molecule has 0 atom stereocenters. The number of rotatable bonds is 4. The van der Waals surface area contributed by atoms with Gasteiger partial charge in [-0.05, 0) is 47.9 Å². The molecule has 0 bridgehead atoms. The first-order valence-corrected chi connectivity index (χ1v) is 11.5. The van der Waals surface area contributed by atoms with E-state index in [4.69, 9.17) is 0 Å². The van der Waals surface area contributed by atoms with Crippen molar-refractivity contribution < 1.29 is 35.9 Å². The summed E-state index contributed by atoms with van der Waals surface area (Å²) in [6.07, 6.45) is -9.57. The Hall–Kier alpha value is -3.44. The van der Waals surface area contributed by atoms with E-state index in [0.717, 1.165) is 5.69 Å². The van der Waals surface area contributed by atoms with Crippen molar-refractivity contribution in [2.45, 2.75) is 39.5 Å². The number of hydrogen-bond acceptors (Lipinski definition) is 3. The molecule has 2 N–H and O–H groups in total. The topological polar surface area (TPSA) is 64.7 Å². The Morgan fingerprint density at radius 3 is 1.70 bits per heavy atom. The van der Waals surface area contributed by atoms with E-state index in [2.05, 4.69) is 10.2 Å². The molecule has 1 aliphatic rings. The Balaban J connectivity index is 1.60. The SMILES string of the molecule is CC(C)(C)CC(=O)N1CCN(c2ccc(NC(=O)Nc3cc(C(F)(F)F)cc(C(F)(F)F)c3)cc2)CC1. The van der Waals surface area contributed by atoms with Gasteiger partial charge in [0.05, 0.1) is 11.1 Å². The van der Waals surface area contributed by atoms with Crippen LogP contribution in [0.2, 0.25) is 0 Å². The highest BCUT2D eigenvalue weighted by atomic mass is 19.4. The van der Waals surface area contributed by atoms with E-state index in [0.29, 0.717) is 50.4 Å². The Bertz CT molecular complexity index is 1080. The number of nitrogens with zero attached hydrogens (tertiary/aromatic N) is 2. The van der Waals surface area contributed by atoms with Crippen LogP contribution >= 0.6 is 0 Å². The fraction of sp³-hybridized carbons (Fsp3) is 0.440. The molecular weight excluding hydrogens is 502 g/mol. The van der Waals surface area contributed by atoms with E-state index >= 15 is 0 Å². The molecule has 0 spiro atoms. The average Bonchev–Trinajstić information content (AvgIpc) is 2.77. The monoisotopic (exact) mass is 530 g/mol. The van der Waals surface area contributed by atoms with Crippen molar-refractivity contribution >= 4 is 29.0 Å². The Morgan fingerprint density at radius 2 is 1.24 bits per heavy atom. The van der Waals surface area contributed by atoms with Crippen LogP contribution in [-0.2, 0) is 17.1 Å². The zero-order valence-electron chi connectivity index (χ0n) is 20.6. The van der Waals surface area contributed by atoms with E-state index in [1.54, 1.807) is 24.3 Å². The lowest BCUT2D eigenvalue weighted by Gasteiger charge is -2.37. The number of alkyl halides is 6. The van der Waals surface area contributed by atoms with Gasteiger partial charge in [-0.2, -0.15) is 26.3 Å². The maximum atomic E-state index is 13.0. The van der Waals surface area contributed by atoms with Gasteiger partial charge in [-0.1, -0.05) is 20.8 Å². The first-order valence-electron chi connectivity index (χ1n) is 11.5. The number of carbonyl (C=O) groups excluding carboxylic acids is 2. The van der Waals surface area contributed by atoms with Crippen LogP contribution < -0.4 is 15.5 Å². The highest BCUT2D eigenvalue weighted by Gasteiger charge is 2.37. The minimum absolute atomic E-state index is 0.0118. The number of halogens is 6. The summed E-state index contributed by atoms with van der Waals surface area (Å²) in [6, 6.07) is 6.46. The number of benzene rings is 2. The van der Waals surface area contributed by atoms with Gasteiger partial charge >= 0.3 is 18.4 Å². The molecule has 1 fully saturated rings. The third-order valence-corrected chi connectivity index (χ3v) is 5.65. The first kappa shape index (κ1) is 28.1. The fourth-order valence-electron chi connectivity index (χ4n) is 3.86. The number of urea groups is 1. The van der Waals surface area contributed by atoms with Gasteiger partial charge in [0.25, 0.3) is 0 Å². The Kier molecular flexibility index (Phi) is 7.99. The molecule has 202 valence electrons. The zero-order valence-corrected chi connectivity index (χ0v) is 20.6. The van der Waals surface area contributed by atoms with Gasteiger partial charge in [-0.3, -0.25) is 4.79 Å². The van der Waals surface area contributed by atoms with Crippen LogP contribution in [0, 0.1) is 5.41 Å². The van der Waals surface area contributed by atoms with Crippen molar-refractivity contribution in [1.29, 1.82) is 0 Å². The van der Waals surface area contributed by atoms with Crippen molar-refractivity contribution in [3.63, 3.8) is 0 Å². The molecule has 1 saturated heterocycles. The zero-order chi connectivity index (χ0) is 27.6. The number of piperazine rings is 1. The van der Waals surface area contributed by atoms with Gasteiger partial charge in [0.1, 0.15) is 0 Å². The van der Waals surface area contributed by atoms with Gasteiger partial charge in [0, 0.05) is 49.7 Å². The van der Waals surface area contributed by atoms with Crippen LogP contribution in [0.15, 0.2) is 42.5 Å². The van der Waals surface area contributed by atoms with Gasteiger partial charge in [-0.15, -0.1) is 0 Å². The van der Waals surface area contributed by atoms with E-state index < -0.39 is 35.2 Å². The summed E-state index contributed by atoms with van der Waals surface area (Å²) in [5, 5.41) is 4.42. The molecule has 6 nitrogen and oxygen atoms in total. The largest absolute Gasteiger partial charge is 0.416 e. The second kappa shape index (κ2) is 10.5. The lowest BCUT2D eigenvalue weighted by Crippen LogP contribution is -2.49. The van der Waals surface area contributed by atoms with Crippen molar-refractivity contribution in [2.24, 2.45) is 5.41 Å². The van der Waals surface area contributed by atoms with Crippen molar-refractivity contribution in [1.82, 2.24) is 4.90 Å². The molecule has 0 unspecified atom stereocenters. The maximum absolute atomic E-state index is 13.0. The molecule has 3 rings (SSSR count). The maximum Gasteiger partial charge on any atom is 0.416 e. The van der Waals surface area contributed by atoms with E-state index in [1.165, 1.54) is 0 Å². The average molecular weight is 531 g/mol. The molecule has 3 amide bonds. The smallest absolute Gasteiger partial charge is 0.368 e. The quantitative estimate of drug-likeness (QED) is 0.447. The number of anilines is 3. The highest BCUT2D eigenvalue weighted by molar-refractivity contribution is 6.00.